The molecule has 0 N–H and O–H groups in total. The summed E-state index contributed by atoms with van der Waals surface area (Å²) in [7, 11) is 0. The quantitative estimate of drug-likeness (QED) is 0.828. The first-order valence-corrected chi connectivity index (χ1v) is 7.68. The number of aryl methyl sites for hydroxylation is 1. The molecule has 0 bridgehead atoms. The number of hydrogen-bond acceptors (Lipinski definition) is 2. The number of para-hydroxylation sites is 1. The van der Waals surface area contributed by atoms with Crippen molar-refractivity contribution in [1.29, 1.82) is 0 Å². The van der Waals surface area contributed by atoms with Gasteiger partial charge in [-0.15, -0.1) is 0 Å². The van der Waals surface area contributed by atoms with Gasteiger partial charge in [-0.3, -0.25) is 0 Å². The molecule has 0 spiro atoms. The lowest BCUT2D eigenvalue weighted by atomic mass is 10.1. The minimum Gasteiger partial charge on any atom is -0.354 e. The van der Waals surface area contributed by atoms with Crippen molar-refractivity contribution in [3.05, 3.63) is 65.2 Å². The SMILES string of the molecule is Cc1ccc(COC(C)N2c3ccccc3CC2C)cc1. The summed E-state index contributed by atoms with van der Waals surface area (Å²) in [5.74, 6) is 0. The monoisotopic (exact) mass is 281 g/mol. The van der Waals surface area contributed by atoms with Crippen LogP contribution in [0, 0.1) is 6.92 Å². The van der Waals surface area contributed by atoms with Crippen molar-refractivity contribution in [2.75, 3.05) is 4.90 Å². The van der Waals surface area contributed by atoms with Crippen LogP contribution < -0.4 is 4.90 Å². The van der Waals surface area contributed by atoms with Crippen LogP contribution in [0.4, 0.5) is 5.69 Å². The first-order chi connectivity index (χ1) is 10.1. The van der Waals surface area contributed by atoms with Crippen molar-refractivity contribution in [2.24, 2.45) is 0 Å². The molecule has 1 aliphatic rings. The highest BCUT2D eigenvalue weighted by atomic mass is 16.5. The Morgan fingerprint density at radius 1 is 1.14 bits per heavy atom. The van der Waals surface area contributed by atoms with Gasteiger partial charge in [-0.2, -0.15) is 0 Å². The first kappa shape index (κ1) is 14.2. The normalized spacial score (nSPS) is 18.6. The maximum absolute atomic E-state index is 6.11. The van der Waals surface area contributed by atoms with Crippen LogP contribution in [0.5, 0.6) is 0 Å². The van der Waals surface area contributed by atoms with Crippen LogP contribution in [-0.4, -0.2) is 12.3 Å². The smallest absolute Gasteiger partial charge is 0.127 e. The molecule has 21 heavy (non-hydrogen) atoms. The molecule has 2 unspecified atom stereocenters. The topological polar surface area (TPSA) is 12.5 Å². The Kier molecular flexibility index (Phi) is 3.98. The Morgan fingerprint density at radius 3 is 2.62 bits per heavy atom. The summed E-state index contributed by atoms with van der Waals surface area (Å²) in [6.07, 6.45) is 1.19. The van der Waals surface area contributed by atoms with Crippen LogP contribution in [0.2, 0.25) is 0 Å². The van der Waals surface area contributed by atoms with E-state index in [-0.39, 0.29) is 6.23 Å². The average Bonchev–Trinajstić information content (AvgIpc) is 2.82. The maximum Gasteiger partial charge on any atom is 0.127 e. The fourth-order valence-corrected chi connectivity index (χ4v) is 3.13. The molecular weight excluding hydrogens is 258 g/mol. The zero-order valence-electron chi connectivity index (χ0n) is 13.0. The summed E-state index contributed by atoms with van der Waals surface area (Å²) in [6.45, 7) is 7.18. The minimum absolute atomic E-state index is 0.0879. The van der Waals surface area contributed by atoms with Crippen LogP contribution in [-0.2, 0) is 17.8 Å². The summed E-state index contributed by atoms with van der Waals surface area (Å²) in [5.41, 5.74) is 5.26. The van der Waals surface area contributed by atoms with E-state index < -0.39 is 0 Å². The minimum atomic E-state index is 0.0879. The first-order valence-electron chi connectivity index (χ1n) is 7.68. The zero-order chi connectivity index (χ0) is 14.8. The lowest BCUT2D eigenvalue weighted by Crippen LogP contribution is -2.39. The molecule has 2 atom stereocenters. The summed E-state index contributed by atoms with van der Waals surface area (Å²) in [5, 5.41) is 0. The maximum atomic E-state index is 6.11. The second-order valence-corrected chi connectivity index (χ2v) is 5.99. The third-order valence-corrected chi connectivity index (χ3v) is 4.26. The molecule has 0 saturated heterocycles. The van der Waals surface area contributed by atoms with Gasteiger partial charge in [0.05, 0.1) is 6.61 Å². The summed E-state index contributed by atoms with van der Waals surface area (Å²) >= 11 is 0. The molecule has 3 rings (SSSR count). The number of ether oxygens (including phenoxy) is 1. The number of benzene rings is 2. The number of anilines is 1. The Bertz CT molecular complexity index is 605. The largest absolute Gasteiger partial charge is 0.354 e. The van der Waals surface area contributed by atoms with Gasteiger partial charge in [0.1, 0.15) is 6.23 Å². The van der Waals surface area contributed by atoms with E-state index in [1.807, 2.05) is 0 Å². The van der Waals surface area contributed by atoms with Crippen LogP contribution >= 0.6 is 0 Å². The van der Waals surface area contributed by atoms with Crippen LogP contribution in [0.15, 0.2) is 48.5 Å². The van der Waals surface area contributed by atoms with Crippen molar-refractivity contribution in [3.8, 4) is 0 Å². The molecule has 0 amide bonds. The van der Waals surface area contributed by atoms with Crippen LogP contribution in [0.3, 0.4) is 0 Å². The summed E-state index contributed by atoms with van der Waals surface area (Å²) < 4.78 is 6.11. The molecule has 110 valence electrons. The third-order valence-electron chi connectivity index (χ3n) is 4.26. The molecular formula is C19H23NO. The van der Waals surface area contributed by atoms with E-state index in [9.17, 15) is 0 Å². The molecule has 1 heterocycles. The zero-order valence-corrected chi connectivity index (χ0v) is 13.0. The number of rotatable bonds is 4. The summed E-state index contributed by atoms with van der Waals surface area (Å²) in [4.78, 5) is 2.39. The van der Waals surface area contributed by atoms with Gasteiger partial charge in [-0.05, 0) is 44.4 Å². The van der Waals surface area contributed by atoms with E-state index in [0.29, 0.717) is 12.6 Å². The van der Waals surface area contributed by atoms with Crippen LogP contribution in [0.25, 0.3) is 0 Å². The molecule has 0 aliphatic carbocycles. The predicted octanol–water partition coefficient (Wildman–Crippen LogP) is 4.31. The fraction of sp³-hybridized carbons (Fsp3) is 0.368. The van der Waals surface area contributed by atoms with E-state index >= 15 is 0 Å². The lowest BCUT2D eigenvalue weighted by molar-refractivity contribution is 0.0475. The van der Waals surface area contributed by atoms with E-state index in [1.54, 1.807) is 0 Å². The molecule has 2 heteroatoms. The van der Waals surface area contributed by atoms with Gasteiger partial charge < -0.3 is 9.64 Å². The predicted molar refractivity (Wildman–Crippen MR) is 87.5 cm³/mol. The van der Waals surface area contributed by atoms with Gasteiger partial charge in [-0.1, -0.05) is 48.0 Å². The highest BCUT2D eigenvalue weighted by Gasteiger charge is 2.29. The highest BCUT2D eigenvalue weighted by molar-refractivity contribution is 5.59. The van der Waals surface area contributed by atoms with Gasteiger partial charge in [0.2, 0.25) is 0 Å². The van der Waals surface area contributed by atoms with Gasteiger partial charge >= 0.3 is 0 Å². The van der Waals surface area contributed by atoms with E-state index in [4.69, 9.17) is 4.74 Å². The van der Waals surface area contributed by atoms with Gasteiger partial charge in [0, 0.05) is 11.7 Å². The molecule has 0 saturated carbocycles. The standard InChI is InChI=1S/C19H23NO/c1-14-8-10-17(11-9-14)13-21-16(3)20-15(2)12-18-6-4-5-7-19(18)20/h4-11,15-16H,12-13H2,1-3H3. The van der Waals surface area contributed by atoms with Crippen molar-refractivity contribution in [3.63, 3.8) is 0 Å². The second-order valence-electron chi connectivity index (χ2n) is 5.99. The van der Waals surface area contributed by atoms with Crippen LogP contribution in [0.1, 0.15) is 30.5 Å². The van der Waals surface area contributed by atoms with Gasteiger partial charge in [-0.25, -0.2) is 0 Å². The molecule has 0 radical (unpaired) electrons. The number of hydrogen-bond donors (Lipinski definition) is 0. The molecule has 2 aromatic rings. The molecule has 2 aromatic carbocycles. The number of nitrogens with zero attached hydrogens (tertiary/aromatic N) is 1. The van der Waals surface area contributed by atoms with Crippen molar-refractivity contribution >= 4 is 5.69 Å². The molecule has 1 aliphatic heterocycles. The number of fused-ring (bicyclic) bond motifs is 1. The van der Waals surface area contributed by atoms with E-state index in [0.717, 1.165) is 6.42 Å². The van der Waals surface area contributed by atoms with Crippen molar-refractivity contribution < 1.29 is 4.74 Å². The average molecular weight is 281 g/mol. The Balaban J connectivity index is 1.68. The Hall–Kier alpha value is -1.80. The Morgan fingerprint density at radius 2 is 1.86 bits per heavy atom. The van der Waals surface area contributed by atoms with Crippen molar-refractivity contribution in [1.82, 2.24) is 0 Å². The van der Waals surface area contributed by atoms with Gasteiger partial charge in [0.15, 0.2) is 0 Å². The molecule has 2 nitrogen and oxygen atoms in total. The Labute approximate surface area is 127 Å². The summed E-state index contributed by atoms with van der Waals surface area (Å²) in [6, 6.07) is 17.7. The fourth-order valence-electron chi connectivity index (χ4n) is 3.13. The lowest BCUT2D eigenvalue weighted by Gasteiger charge is -2.31. The highest BCUT2D eigenvalue weighted by Crippen LogP contribution is 2.33. The van der Waals surface area contributed by atoms with E-state index in [2.05, 4.69) is 74.2 Å². The van der Waals surface area contributed by atoms with Crippen molar-refractivity contribution in [2.45, 2.75) is 46.1 Å². The molecule has 0 aromatic heterocycles. The second kappa shape index (κ2) is 5.90. The van der Waals surface area contributed by atoms with Gasteiger partial charge in [0.25, 0.3) is 0 Å². The molecule has 0 fully saturated rings. The third kappa shape index (κ3) is 2.96. The van der Waals surface area contributed by atoms with E-state index in [1.165, 1.54) is 22.4 Å².